The first-order valence-corrected chi connectivity index (χ1v) is 11.1. The summed E-state index contributed by atoms with van der Waals surface area (Å²) in [7, 11) is 0. The Kier molecular flexibility index (Phi) is 6.09. The number of carbonyl (C=O) groups excluding carboxylic acids is 4. The number of imide groups is 2. The monoisotopic (exact) mass is 426 g/mol. The van der Waals surface area contributed by atoms with E-state index < -0.39 is 17.8 Å². The van der Waals surface area contributed by atoms with E-state index in [0.717, 1.165) is 49.4 Å². The molecule has 1 saturated carbocycles. The van der Waals surface area contributed by atoms with Crippen LogP contribution in [0.2, 0.25) is 0 Å². The number of urea groups is 1. The Morgan fingerprint density at radius 2 is 1.58 bits per heavy atom. The lowest BCUT2D eigenvalue weighted by Gasteiger charge is -2.37. The predicted molar refractivity (Wildman–Crippen MR) is 116 cm³/mol. The zero-order chi connectivity index (χ0) is 22.1. The molecule has 8 nitrogen and oxygen atoms in total. The Hall–Kier alpha value is -2.74. The number of anilines is 1. The number of amides is 4. The maximum absolute atomic E-state index is 13.0. The van der Waals surface area contributed by atoms with E-state index in [9.17, 15) is 19.2 Å². The van der Waals surface area contributed by atoms with Gasteiger partial charge < -0.3 is 4.90 Å². The molecule has 0 aromatic heterocycles. The van der Waals surface area contributed by atoms with Crippen molar-refractivity contribution >= 4 is 29.3 Å². The molecule has 3 aliphatic rings. The first kappa shape index (κ1) is 21.5. The summed E-state index contributed by atoms with van der Waals surface area (Å²) in [5.41, 5.74) is 1.74. The zero-order valence-corrected chi connectivity index (χ0v) is 18.2. The van der Waals surface area contributed by atoms with Crippen LogP contribution in [-0.2, 0) is 9.59 Å². The highest BCUT2D eigenvalue weighted by atomic mass is 16.2. The van der Waals surface area contributed by atoms with Crippen LogP contribution in [0.4, 0.5) is 10.5 Å². The average molecular weight is 427 g/mol. The van der Waals surface area contributed by atoms with Crippen molar-refractivity contribution in [2.45, 2.75) is 45.6 Å². The molecule has 166 valence electrons. The lowest BCUT2D eigenvalue weighted by atomic mass is 9.85. The Morgan fingerprint density at radius 3 is 2.19 bits per heavy atom. The van der Waals surface area contributed by atoms with Crippen molar-refractivity contribution < 1.29 is 19.2 Å². The van der Waals surface area contributed by atoms with Crippen LogP contribution in [0.5, 0.6) is 0 Å². The molecule has 2 saturated heterocycles. The molecule has 0 spiro atoms. The summed E-state index contributed by atoms with van der Waals surface area (Å²) in [4.78, 5) is 56.2. The molecule has 1 aromatic rings. The molecule has 2 heterocycles. The third-order valence-electron chi connectivity index (χ3n) is 6.83. The number of benzene rings is 1. The fraction of sp³-hybridized carbons (Fsp3) is 0.565. The standard InChI is InChI=1S/C23H30N4O4/c1-16-5-3-4-6-20(16)27-22(30)21(29)26(23(27)31)15-24-11-13-25(14-12-24)19-9-7-18(8-10-19)17(2)28/h7-10,16,20H,3-6,11-15H2,1-2H3/t16-,20+/m0/s1. The molecule has 0 unspecified atom stereocenters. The zero-order valence-electron chi connectivity index (χ0n) is 18.2. The third-order valence-corrected chi connectivity index (χ3v) is 6.83. The van der Waals surface area contributed by atoms with Crippen LogP contribution in [0.1, 0.15) is 49.9 Å². The summed E-state index contributed by atoms with van der Waals surface area (Å²) >= 11 is 0. The Bertz CT molecular complexity index is 876. The summed E-state index contributed by atoms with van der Waals surface area (Å²) in [6, 6.07) is 6.92. The van der Waals surface area contributed by atoms with Crippen LogP contribution in [0.3, 0.4) is 0 Å². The highest BCUT2D eigenvalue weighted by Crippen LogP contribution is 2.31. The van der Waals surface area contributed by atoms with E-state index in [1.807, 2.05) is 29.2 Å². The molecule has 4 rings (SSSR count). The molecule has 1 aromatic carbocycles. The van der Waals surface area contributed by atoms with Gasteiger partial charge in [-0.25, -0.2) is 9.69 Å². The van der Waals surface area contributed by atoms with Gasteiger partial charge in [-0.2, -0.15) is 0 Å². The lowest BCUT2D eigenvalue weighted by molar-refractivity contribution is -0.145. The molecule has 0 N–H and O–H groups in total. The quantitative estimate of drug-likeness (QED) is 0.408. The molecule has 2 atom stereocenters. The molecular weight excluding hydrogens is 396 g/mol. The van der Waals surface area contributed by atoms with Gasteiger partial charge in [0.1, 0.15) is 0 Å². The first-order chi connectivity index (χ1) is 14.9. The first-order valence-electron chi connectivity index (χ1n) is 11.1. The van der Waals surface area contributed by atoms with Crippen molar-refractivity contribution in [1.29, 1.82) is 0 Å². The van der Waals surface area contributed by atoms with E-state index in [2.05, 4.69) is 11.8 Å². The third kappa shape index (κ3) is 4.21. The predicted octanol–water partition coefficient (Wildman–Crippen LogP) is 2.34. The Morgan fingerprint density at radius 1 is 0.935 bits per heavy atom. The minimum absolute atomic E-state index is 0.0440. The number of piperazine rings is 1. The fourth-order valence-corrected chi connectivity index (χ4v) is 4.87. The van der Waals surface area contributed by atoms with Gasteiger partial charge in [0.2, 0.25) is 0 Å². The molecule has 0 bridgehead atoms. The summed E-state index contributed by atoms with van der Waals surface area (Å²) in [5.74, 6) is -1.10. The molecule has 2 aliphatic heterocycles. The largest absolute Gasteiger partial charge is 0.369 e. The van der Waals surface area contributed by atoms with Crippen molar-refractivity contribution in [2.75, 3.05) is 37.7 Å². The van der Waals surface area contributed by atoms with Gasteiger partial charge in [-0.15, -0.1) is 0 Å². The highest BCUT2D eigenvalue weighted by Gasteiger charge is 2.49. The topological polar surface area (TPSA) is 81.2 Å². The van der Waals surface area contributed by atoms with Gasteiger partial charge in [0, 0.05) is 43.5 Å². The smallest absolute Gasteiger partial charge is 0.335 e. The number of hydrogen-bond donors (Lipinski definition) is 0. The molecule has 31 heavy (non-hydrogen) atoms. The van der Waals surface area contributed by atoms with Crippen LogP contribution in [0.15, 0.2) is 24.3 Å². The summed E-state index contributed by atoms with van der Waals surface area (Å²) in [5, 5.41) is 0. The second kappa shape index (κ2) is 8.78. The van der Waals surface area contributed by atoms with E-state index in [1.54, 1.807) is 6.92 Å². The van der Waals surface area contributed by atoms with Gasteiger partial charge in [0.05, 0.1) is 6.67 Å². The van der Waals surface area contributed by atoms with Crippen molar-refractivity contribution in [2.24, 2.45) is 5.92 Å². The van der Waals surface area contributed by atoms with Crippen molar-refractivity contribution in [3.8, 4) is 0 Å². The number of nitrogens with zero attached hydrogens (tertiary/aromatic N) is 4. The van der Waals surface area contributed by atoms with E-state index in [0.29, 0.717) is 18.7 Å². The van der Waals surface area contributed by atoms with E-state index in [-0.39, 0.29) is 24.4 Å². The van der Waals surface area contributed by atoms with Crippen molar-refractivity contribution in [3.05, 3.63) is 29.8 Å². The van der Waals surface area contributed by atoms with Gasteiger partial charge in [-0.05, 0) is 49.9 Å². The van der Waals surface area contributed by atoms with E-state index in [4.69, 9.17) is 0 Å². The van der Waals surface area contributed by atoms with E-state index >= 15 is 0 Å². The molecular formula is C23H30N4O4. The minimum atomic E-state index is -0.704. The van der Waals surface area contributed by atoms with Crippen molar-refractivity contribution in [3.63, 3.8) is 0 Å². The van der Waals surface area contributed by atoms with Gasteiger partial charge in [-0.1, -0.05) is 19.8 Å². The summed E-state index contributed by atoms with van der Waals surface area (Å²) in [6.45, 7) is 6.60. The van der Waals surface area contributed by atoms with Gasteiger partial charge in [0.15, 0.2) is 5.78 Å². The molecule has 8 heteroatoms. The second-order valence-electron chi connectivity index (χ2n) is 8.87. The normalized spacial score (nSPS) is 25.5. The number of rotatable bonds is 5. The second-order valence-corrected chi connectivity index (χ2v) is 8.87. The maximum atomic E-state index is 13.0. The van der Waals surface area contributed by atoms with Crippen LogP contribution < -0.4 is 4.90 Å². The fourth-order valence-electron chi connectivity index (χ4n) is 4.87. The SMILES string of the molecule is CC(=O)c1ccc(N2CCN(CN3C(=O)C(=O)N([C@@H]4CCCC[C@@H]4C)C3=O)CC2)cc1. The average Bonchev–Trinajstić information content (AvgIpc) is 2.98. The van der Waals surface area contributed by atoms with Crippen LogP contribution in [0, 0.1) is 5.92 Å². The number of hydrogen-bond acceptors (Lipinski definition) is 6. The van der Waals surface area contributed by atoms with E-state index in [1.165, 1.54) is 4.90 Å². The minimum Gasteiger partial charge on any atom is -0.369 e. The summed E-state index contributed by atoms with van der Waals surface area (Å²) < 4.78 is 0. The number of ketones is 1. The highest BCUT2D eigenvalue weighted by molar-refractivity contribution is 6.44. The van der Waals surface area contributed by atoms with Crippen LogP contribution >= 0.6 is 0 Å². The molecule has 1 aliphatic carbocycles. The Balaban J connectivity index is 1.35. The van der Waals surface area contributed by atoms with Gasteiger partial charge in [-0.3, -0.25) is 24.2 Å². The maximum Gasteiger partial charge on any atom is 0.335 e. The molecule has 3 fully saturated rings. The summed E-state index contributed by atoms with van der Waals surface area (Å²) in [6.07, 6.45) is 3.84. The number of Topliss-reactive ketones (excluding diaryl/α,β-unsaturated/α-hetero) is 1. The molecule has 0 radical (unpaired) electrons. The van der Waals surface area contributed by atoms with Crippen LogP contribution in [0.25, 0.3) is 0 Å². The Labute approximate surface area is 182 Å². The van der Waals surface area contributed by atoms with Crippen LogP contribution in [-0.4, -0.2) is 77.2 Å². The van der Waals surface area contributed by atoms with Gasteiger partial charge in [0.25, 0.3) is 0 Å². The van der Waals surface area contributed by atoms with Crippen molar-refractivity contribution in [1.82, 2.24) is 14.7 Å². The lowest BCUT2D eigenvalue weighted by Crippen LogP contribution is -2.52. The number of carbonyl (C=O) groups is 4. The molecule has 4 amide bonds. The van der Waals surface area contributed by atoms with Gasteiger partial charge >= 0.3 is 17.8 Å².